The van der Waals surface area contributed by atoms with Gasteiger partial charge in [0.05, 0.1) is 42.0 Å². The van der Waals surface area contributed by atoms with Gasteiger partial charge in [-0.15, -0.1) is 0 Å². The molecule has 1 amide bonds. The fourth-order valence-corrected chi connectivity index (χ4v) is 16.5. The van der Waals surface area contributed by atoms with Crippen molar-refractivity contribution in [2.24, 2.45) is 17.8 Å². The molecule has 81 heavy (non-hydrogen) atoms. The van der Waals surface area contributed by atoms with E-state index in [-0.39, 0.29) is 49.8 Å². The second kappa shape index (κ2) is 29.7. The molecule has 5 rings (SSSR count). The number of ether oxygens (including phenoxy) is 3. The van der Waals surface area contributed by atoms with E-state index < -0.39 is 86.9 Å². The molecule has 20 heteroatoms. The summed E-state index contributed by atoms with van der Waals surface area (Å²) in [5, 5.41) is 63.9. The molecule has 2 fully saturated rings. The zero-order valence-electron chi connectivity index (χ0n) is 49.4. The van der Waals surface area contributed by atoms with Crippen molar-refractivity contribution in [2.45, 2.75) is 218 Å². The number of halogens is 6. The van der Waals surface area contributed by atoms with Crippen LogP contribution in [0.2, 0.25) is 0 Å². The molecule has 14 atom stereocenters. The number of amides is 1. The zero-order valence-corrected chi connectivity index (χ0v) is 51.2. The third kappa shape index (κ3) is 21.6. The fourth-order valence-electron chi connectivity index (χ4n) is 12.1. The molecule has 0 aliphatic carbocycles. The summed E-state index contributed by atoms with van der Waals surface area (Å²) >= 11 is 0. The number of likely N-dealkylation sites (N-methyl/N-ethyl adjacent to an activating group) is 1. The Morgan fingerprint density at radius 1 is 0.716 bits per heavy atom. The van der Waals surface area contributed by atoms with Gasteiger partial charge in [-0.1, -0.05) is 127 Å². The van der Waals surface area contributed by atoms with Crippen molar-refractivity contribution >= 4 is 42.9 Å². The molecule has 3 aromatic rings. The first-order valence-corrected chi connectivity index (χ1v) is 33.2. The molecule has 2 saturated heterocycles. The van der Waals surface area contributed by atoms with Gasteiger partial charge in [-0.3, -0.25) is 9.59 Å². The number of aliphatic hydroxyl groups excluding tert-OH is 3. The van der Waals surface area contributed by atoms with Crippen molar-refractivity contribution < 1.29 is 74.5 Å². The predicted octanol–water partition coefficient (Wildman–Crippen LogP) is 11.9. The summed E-state index contributed by atoms with van der Waals surface area (Å²) in [4.78, 5) is 31.6. The maximum atomic E-state index is 14.3. The minimum atomic E-state index is -10.7. The molecular formula is C61H96F6N2O10P2. The first-order chi connectivity index (χ1) is 37.6. The Balaban J connectivity index is 0.00000189. The number of benzene rings is 3. The molecular weight excluding hydrogens is 1100 g/mol. The average Bonchev–Trinajstić information content (AvgIpc) is 3.61. The van der Waals surface area contributed by atoms with Crippen LogP contribution in [0.5, 0.6) is 0 Å². The van der Waals surface area contributed by atoms with Gasteiger partial charge in [-0.25, -0.2) is 0 Å². The number of esters is 1. The van der Waals surface area contributed by atoms with Gasteiger partial charge in [-0.05, 0) is 130 Å². The minimum absolute atomic E-state index is 0.0995. The van der Waals surface area contributed by atoms with E-state index in [1.54, 1.807) is 32.6 Å². The average molecular weight is 1190 g/mol. The molecule has 2 aliphatic heterocycles. The van der Waals surface area contributed by atoms with Gasteiger partial charge >= 0.3 is 39.0 Å². The number of hydrogen-bond donors (Lipinski definition) is 5. The number of rotatable bonds is 21. The summed E-state index contributed by atoms with van der Waals surface area (Å²) in [6, 6.07) is 32.2. The van der Waals surface area contributed by atoms with Crippen LogP contribution in [-0.2, 0) is 23.8 Å². The van der Waals surface area contributed by atoms with Gasteiger partial charge < -0.3 is 49.5 Å². The molecule has 0 unspecified atom stereocenters. The van der Waals surface area contributed by atoms with Crippen molar-refractivity contribution in [3.05, 3.63) is 91.0 Å². The molecule has 2 heterocycles. The summed E-state index contributed by atoms with van der Waals surface area (Å²) in [6.45, 7) is 13.6. The number of carbonyl (C=O) groups excluding carboxylic acids is 2. The Kier molecular flexibility index (Phi) is 25.7. The molecule has 462 valence electrons. The van der Waals surface area contributed by atoms with Crippen molar-refractivity contribution in [3.63, 3.8) is 0 Å². The van der Waals surface area contributed by atoms with Crippen LogP contribution < -0.4 is 15.9 Å². The van der Waals surface area contributed by atoms with Crippen LogP contribution in [0.1, 0.15) is 152 Å². The van der Waals surface area contributed by atoms with Crippen LogP contribution in [-0.4, -0.2) is 140 Å². The standard InChI is InChI=1S/C61H96N2O10P.F6P/c1-11-52-61(8,70)56(67)47(6)63(42-43(2)41-60(7,69)57(45(4)54(65)46(5)58(68)72-52)73-59-55(66)51(62(9)10)40-44(3)71-59)53(64)38-30-19-17-15-13-12-14-16-18-20-31-39-74(48-32-24-21-25-33-48,49-34-26-22-27-35-49)50-36-28-23-29-37-50;1-7(2,3,4,5)6/h21-29,32-37,43-47,51-52,54-57,59,65-67,69-70H,11-20,30-31,38-42H2,1-10H3;/q+1;-1/t43-,44-,45+,46-,47-,51+,52-,54+,55-,56-,57-,59+,60-,61-;/m1./s1. The molecule has 0 saturated carbocycles. The Bertz CT molecular complexity index is 2240. The predicted molar refractivity (Wildman–Crippen MR) is 313 cm³/mol. The molecule has 0 radical (unpaired) electrons. The van der Waals surface area contributed by atoms with Crippen LogP contribution >= 0.6 is 15.1 Å². The van der Waals surface area contributed by atoms with Crippen molar-refractivity contribution in [3.8, 4) is 0 Å². The fraction of sp³-hybridized carbons (Fsp3) is 0.672. The summed E-state index contributed by atoms with van der Waals surface area (Å²) in [6.07, 6.45) is 6.70. The van der Waals surface area contributed by atoms with Gasteiger partial charge in [0.15, 0.2) is 6.29 Å². The van der Waals surface area contributed by atoms with Crippen LogP contribution in [0, 0.1) is 17.8 Å². The van der Waals surface area contributed by atoms with Gasteiger partial charge in [0, 0.05) is 24.9 Å². The number of cyclic esters (lactones) is 1. The van der Waals surface area contributed by atoms with Crippen LogP contribution in [0.15, 0.2) is 91.0 Å². The monoisotopic (exact) mass is 1190 g/mol. The summed E-state index contributed by atoms with van der Waals surface area (Å²) in [5.41, 5.74) is -3.61. The molecule has 12 nitrogen and oxygen atoms in total. The van der Waals surface area contributed by atoms with Gasteiger partial charge in [0.2, 0.25) is 5.91 Å². The third-order valence-electron chi connectivity index (χ3n) is 16.5. The second-order valence-corrected chi connectivity index (χ2v) is 29.4. The van der Waals surface area contributed by atoms with E-state index in [1.807, 2.05) is 32.8 Å². The van der Waals surface area contributed by atoms with E-state index in [0.717, 1.165) is 31.8 Å². The Morgan fingerprint density at radius 3 is 1.58 bits per heavy atom. The number of carbonyl (C=O) groups is 2. The first kappa shape index (κ1) is 70.2. The molecule has 3 aromatic carbocycles. The summed E-state index contributed by atoms with van der Waals surface area (Å²) in [5.74, 6) is -3.31. The molecule has 0 bridgehead atoms. The molecule has 0 aromatic heterocycles. The van der Waals surface area contributed by atoms with Gasteiger partial charge in [0.25, 0.3) is 0 Å². The topological polar surface area (TPSA) is 169 Å². The number of aliphatic hydroxyl groups is 5. The van der Waals surface area contributed by atoms with Crippen molar-refractivity contribution in [1.82, 2.24) is 9.80 Å². The SMILES string of the molecule is CC[C@H]1OC(=O)[C@H](C)[C@@H](O)[C@H](C)[C@@H](O[C@@H]2O[C@H](C)C[C@H](N(C)C)[C@H]2O)[C@](C)(O)C[C@@H](C)CN(C(=O)CCCCCCCCCCCCC[P+](c2ccccc2)(c2ccccc2)c2ccccc2)[C@H](C)[C@@H](O)[C@]1(C)O.F[P-](F)(F)(F)(F)F. The first-order valence-electron chi connectivity index (χ1n) is 29.2. The number of nitrogens with zero attached hydrogens (tertiary/aromatic N) is 2. The molecule has 0 spiro atoms. The van der Waals surface area contributed by atoms with E-state index in [2.05, 4.69) is 91.0 Å². The number of hydrogen-bond acceptors (Lipinski definition) is 11. The van der Waals surface area contributed by atoms with Crippen LogP contribution in [0.4, 0.5) is 25.2 Å². The van der Waals surface area contributed by atoms with E-state index in [9.17, 15) is 60.3 Å². The van der Waals surface area contributed by atoms with Crippen molar-refractivity contribution in [1.29, 1.82) is 0 Å². The normalized spacial score (nSPS) is 31.1. The molecule has 2 aliphatic rings. The summed E-state index contributed by atoms with van der Waals surface area (Å²) < 4.78 is 77.8. The van der Waals surface area contributed by atoms with Crippen LogP contribution in [0.25, 0.3) is 0 Å². The van der Waals surface area contributed by atoms with E-state index >= 15 is 0 Å². The van der Waals surface area contributed by atoms with Gasteiger partial charge in [-0.2, -0.15) is 0 Å². The van der Waals surface area contributed by atoms with Crippen molar-refractivity contribution in [2.75, 3.05) is 26.8 Å². The number of unbranched alkanes of at least 4 members (excludes halogenated alkanes) is 10. The Hall–Kier alpha value is -3.28. The third-order valence-corrected chi connectivity index (χ3v) is 21.0. The summed E-state index contributed by atoms with van der Waals surface area (Å²) in [7, 11) is -8.71. The van der Waals surface area contributed by atoms with E-state index in [1.165, 1.54) is 68.3 Å². The quantitative estimate of drug-likeness (QED) is 0.0298. The second-order valence-electron chi connectivity index (χ2n) is 23.9. The zero-order chi connectivity index (χ0) is 60.6. The molecule has 5 N–H and O–H groups in total. The van der Waals surface area contributed by atoms with Gasteiger partial charge in [0.1, 0.15) is 47.1 Å². The van der Waals surface area contributed by atoms with E-state index in [4.69, 9.17) is 14.2 Å². The van der Waals surface area contributed by atoms with Crippen LogP contribution in [0.3, 0.4) is 0 Å². The Morgan fingerprint density at radius 2 is 1.15 bits per heavy atom. The Labute approximate surface area is 478 Å². The maximum absolute atomic E-state index is 14.3. The van der Waals surface area contributed by atoms with E-state index in [0.29, 0.717) is 12.8 Å².